The summed E-state index contributed by atoms with van der Waals surface area (Å²) >= 11 is 0. The minimum Gasteiger partial charge on any atom is -0.463 e. The van der Waals surface area contributed by atoms with Crippen LogP contribution >= 0.6 is 0 Å². The van der Waals surface area contributed by atoms with Gasteiger partial charge in [0.25, 0.3) is 0 Å². The summed E-state index contributed by atoms with van der Waals surface area (Å²) in [5.41, 5.74) is 0. The van der Waals surface area contributed by atoms with Crippen LogP contribution in [0.2, 0.25) is 37.8 Å². The molecule has 0 rings (SSSR count). The van der Waals surface area contributed by atoms with Crippen molar-refractivity contribution in [2.24, 2.45) is 0 Å². The molecule has 0 fully saturated rings. The number of ether oxygens (including phenoxy) is 2. The molecule has 0 saturated heterocycles. The largest absolute Gasteiger partial charge is 0.463 e. The Balaban J connectivity index is 4.61. The molecule has 0 bridgehead atoms. The summed E-state index contributed by atoms with van der Waals surface area (Å²) in [4.78, 5) is 22.3. The molecule has 0 unspecified atom stereocenters. The molecule has 0 spiro atoms. The second-order valence-electron chi connectivity index (χ2n) is 7.01. The molecule has 0 atom stereocenters. The molecule has 0 N–H and O–H groups in total. The van der Waals surface area contributed by atoms with E-state index in [1.54, 1.807) is 0 Å². The fourth-order valence-electron chi connectivity index (χ4n) is 2.90. The van der Waals surface area contributed by atoms with Crippen LogP contribution in [0.25, 0.3) is 0 Å². The summed E-state index contributed by atoms with van der Waals surface area (Å²) in [6, 6.07) is 2.98. The van der Waals surface area contributed by atoms with Gasteiger partial charge < -0.3 is 13.6 Å². The third-order valence-corrected chi connectivity index (χ3v) is 12.6. The minimum absolute atomic E-state index is 0.387. The molecule has 0 heterocycles. The Hall–Kier alpha value is -1.19. The average Bonchev–Trinajstić information content (AvgIpc) is 2.54. The Morgan fingerprint density at radius 1 is 0.880 bits per heavy atom. The van der Waals surface area contributed by atoms with Gasteiger partial charge in [0.15, 0.2) is 16.6 Å². The van der Waals surface area contributed by atoms with Crippen molar-refractivity contribution in [2.75, 3.05) is 13.2 Å². The van der Waals surface area contributed by atoms with Gasteiger partial charge in [0, 0.05) is 12.2 Å². The number of carbonyl (C=O) groups is 2. The molecule has 5 nitrogen and oxygen atoms in total. The van der Waals surface area contributed by atoms with Gasteiger partial charge in [-0.1, -0.05) is 26.5 Å². The fourth-order valence-corrected chi connectivity index (χ4v) is 12.7. The molecule has 7 heteroatoms. The number of carbonyl (C=O) groups excluding carboxylic acids is 2. The summed E-state index contributed by atoms with van der Waals surface area (Å²) in [5.74, 6) is -0.775. The standard InChI is InChI=1S/C18H34O5Si2/c1-7-14-24(4,5)23-25(6,15-10-12-21-17(19)8-2)16-11-13-22-18(20)9-3/h8-9H,2-3,7,10-16H2,1,4-6H3. The van der Waals surface area contributed by atoms with Gasteiger partial charge in [-0.2, -0.15) is 0 Å². The zero-order valence-electron chi connectivity index (χ0n) is 16.3. The Morgan fingerprint density at radius 2 is 1.32 bits per heavy atom. The number of hydrogen-bond donors (Lipinski definition) is 0. The number of hydrogen-bond acceptors (Lipinski definition) is 5. The van der Waals surface area contributed by atoms with E-state index in [2.05, 4.69) is 39.7 Å². The lowest BCUT2D eigenvalue weighted by Crippen LogP contribution is -2.46. The minimum atomic E-state index is -1.96. The topological polar surface area (TPSA) is 61.8 Å². The molecule has 0 saturated carbocycles. The molecule has 0 amide bonds. The van der Waals surface area contributed by atoms with Gasteiger partial charge in [-0.15, -0.1) is 0 Å². The molecule has 0 radical (unpaired) electrons. The molecular weight excluding hydrogens is 352 g/mol. The van der Waals surface area contributed by atoms with E-state index in [9.17, 15) is 9.59 Å². The molecular formula is C18H34O5Si2. The molecule has 0 aromatic heterocycles. The van der Waals surface area contributed by atoms with Gasteiger partial charge in [-0.3, -0.25) is 0 Å². The second-order valence-corrected chi connectivity index (χ2v) is 15.7. The Morgan fingerprint density at radius 3 is 1.68 bits per heavy atom. The van der Waals surface area contributed by atoms with E-state index < -0.39 is 16.6 Å². The molecule has 0 aromatic carbocycles. The molecule has 144 valence electrons. The van der Waals surface area contributed by atoms with Crippen molar-refractivity contribution in [1.82, 2.24) is 0 Å². The van der Waals surface area contributed by atoms with Crippen LogP contribution in [0.4, 0.5) is 0 Å². The van der Waals surface area contributed by atoms with Gasteiger partial charge in [0.05, 0.1) is 13.2 Å². The smallest absolute Gasteiger partial charge is 0.330 e. The molecule has 25 heavy (non-hydrogen) atoms. The van der Waals surface area contributed by atoms with E-state index in [0.29, 0.717) is 13.2 Å². The Kier molecular flexibility index (Phi) is 11.6. The zero-order valence-corrected chi connectivity index (χ0v) is 18.3. The van der Waals surface area contributed by atoms with Crippen LogP contribution < -0.4 is 0 Å². The maximum atomic E-state index is 11.1. The number of esters is 2. The molecule has 0 aliphatic heterocycles. The van der Waals surface area contributed by atoms with E-state index in [4.69, 9.17) is 13.6 Å². The maximum Gasteiger partial charge on any atom is 0.330 e. The quantitative estimate of drug-likeness (QED) is 0.191. The fraction of sp³-hybridized carbons (Fsp3) is 0.667. The highest BCUT2D eigenvalue weighted by atomic mass is 28.4. The van der Waals surface area contributed by atoms with Crippen LogP contribution in [0.3, 0.4) is 0 Å². The van der Waals surface area contributed by atoms with E-state index in [-0.39, 0.29) is 11.9 Å². The van der Waals surface area contributed by atoms with Crippen LogP contribution in [0.15, 0.2) is 25.3 Å². The zero-order chi connectivity index (χ0) is 19.3. The second kappa shape index (κ2) is 12.2. The number of rotatable bonds is 14. The van der Waals surface area contributed by atoms with Crippen LogP contribution in [0, 0.1) is 0 Å². The van der Waals surface area contributed by atoms with Crippen molar-refractivity contribution < 1.29 is 23.2 Å². The van der Waals surface area contributed by atoms with Crippen LogP contribution in [-0.4, -0.2) is 41.8 Å². The normalized spacial score (nSPS) is 11.7. The molecule has 0 aliphatic carbocycles. The average molecular weight is 387 g/mol. The predicted octanol–water partition coefficient (Wildman–Crippen LogP) is 4.43. The first-order valence-electron chi connectivity index (χ1n) is 8.96. The lowest BCUT2D eigenvalue weighted by molar-refractivity contribution is -0.138. The van der Waals surface area contributed by atoms with Crippen molar-refractivity contribution in [3.8, 4) is 0 Å². The summed E-state index contributed by atoms with van der Waals surface area (Å²) in [7, 11) is -3.66. The molecule has 0 aromatic rings. The first-order chi connectivity index (χ1) is 11.7. The van der Waals surface area contributed by atoms with Crippen molar-refractivity contribution in [2.45, 2.75) is 64.0 Å². The summed E-state index contributed by atoms with van der Waals surface area (Å²) in [5, 5.41) is 0. The first kappa shape index (κ1) is 23.8. The van der Waals surface area contributed by atoms with E-state index >= 15 is 0 Å². The van der Waals surface area contributed by atoms with Gasteiger partial charge in [0.2, 0.25) is 0 Å². The Labute approximate surface area is 154 Å². The third kappa shape index (κ3) is 11.9. The Bertz CT molecular complexity index is 421. The summed E-state index contributed by atoms with van der Waals surface area (Å²) < 4.78 is 16.8. The van der Waals surface area contributed by atoms with Crippen molar-refractivity contribution in [1.29, 1.82) is 0 Å². The van der Waals surface area contributed by atoms with E-state index in [0.717, 1.165) is 37.4 Å². The van der Waals surface area contributed by atoms with Gasteiger partial charge in [-0.05, 0) is 50.6 Å². The highest BCUT2D eigenvalue weighted by molar-refractivity contribution is 6.85. The van der Waals surface area contributed by atoms with Crippen LogP contribution in [-0.2, 0) is 23.2 Å². The van der Waals surface area contributed by atoms with Gasteiger partial charge in [0.1, 0.15) is 0 Å². The van der Waals surface area contributed by atoms with Crippen LogP contribution in [0.1, 0.15) is 26.2 Å². The monoisotopic (exact) mass is 386 g/mol. The predicted molar refractivity (Wildman–Crippen MR) is 106 cm³/mol. The molecule has 0 aliphatic rings. The lowest BCUT2D eigenvalue weighted by Gasteiger charge is -2.36. The van der Waals surface area contributed by atoms with Crippen molar-refractivity contribution >= 4 is 28.6 Å². The summed E-state index contributed by atoms with van der Waals surface area (Å²) in [6.07, 6.45) is 5.05. The lowest BCUT2D eigenvalue weighted by atomic mass is 10.5. The summed E-state index contributed by atoms with van der Waals surface area (Å²) in [6.45, 7) is 16.5. The van der Waals surface area contributed by atoms with Crippen LogP contribution in [0.5, 0.6) is 0 Å². The third-order valence-electron chi connectivity index (χ3n) is 3.90. The van der Waals surface area contributed by atoms with E-state index in [1.165, 1.54) is 12.2 Å². The van der Waals surface area contributed by atoms with Crippen molar-refractivity contribution in [3.05, 3.63) is 25.3 Å². The first-order valence-corrected chi connectivity index (χ1v) is 14.9. The highest BCUT2D eigenvalue weighted by Gasteiger charge is 2.35. The SMILES string of the molecule is C=CC(=O)OCCC[Si](C)(CCCOC(=O)C=C)O[Si](C)(C)CCC. The van der Waals surface area contributed by atoms with Gasteiger partial charge in [-0.25, -0.2) is 9.59 Å². The maximum absolute atomic E-state index is 11.1. The highest BCUT2D eigenvalue weighted by Crippen LogP contribution is 2.28. The van der Waals surface area contributed by atoms with Gasteiger partial charge >= 0.3 is 11.9 Å². The van der Waals surface area contributed by atoms with E-state index in [1.807, 2.05) is 0 Å². The van der Waals surface area contributed by atoms with Crippen molar-refractivity contribution in [3.63, 3.8) is 0 Å².